The van der Waals surface area contributed by atoms with Gasteiger partial charge in [-0.25, -0.2) is 0 Å². The molecule has 0 bridgehead atoms. The summed E-state index contributed by atoms with van der Waals surface area (Å²) in [5, 5.41) is 10.3. The lowest BCUT2D eigenvalue weighted by Crippen LogP contribution is -2.44. The largest absolute Gasteiger partial charge is 0.404 e. The Morgan fingerprint density at radius 2 is 2.07 bits per heavy atom. The third kappa shape index (κ3) is 2.33. The van der Waals surface area contributed by atoms with Crippen molar-refractivity contribution in [2.45, 2.75) is 18.4 Å². The Morgan fingerprint density at radius 3 is 2.50 bits per heavy atom. The second-order valence-corrected chi connectivity index (χ2v) is 3.84. The summed E-state index contributed by atoms with van der Waals surface area (Å²) in [7, 11) is 3.74. The van der Waals surface area contributed by atoms with Gasteiger partial charge in [0.25, 0.3) is 0 Å². The highest BCUT2D eigenvalue weighted by molar-refractivity contribution is 5.81. The van der Waals surface area contributed by atoms with E-state index >= 15 is 0 Å². The van der Waals surface area contributed by atoms with Crippen LogP contribution in [0.3, 0.4) is 0 Å². The molecule has 0 unspecified atom stereocenters. The van der Waals surface area contributed by atoms with Gasteiger partial charge in [-0.05, 0) is 19.9 Å². The molecule has 0 saturated carbocycles. The van der Waals surface area contributed by atoms with Gasteiger partial charge in [0.2, 0.25) is 0 Å². The van der Waals surface area contributed by atoms with Gasteiger partial charge in [0.15, 0.2) is 0 Å². The van der Waals surface area contributed by atoms with Crippen molar-refractivity contribution in [2.75, 3.05) is 27.2 Å². The van der Waals surface area contributed by atoms with Crippen molar-refractivity contribution < 1.29 is 5.11 Å². The van der Waals surface area contributed by atoms with E-state index < -0.39 is 5.60 Å². The number of aliphatic imine (C=N–C) groups is 1. The van der Waals surface area contributed by atoms with Crippen molar-refractivity contribution in [1.82, 2.24) is 4.90 Å². The van der Waals surface area contributed by atoms with E-state index in [1.807, 2.05) is 0 Å². The fourth-order valence-electron chi connectivity index (χ4n) is 1.73. The van der Waals surface area contributed by atoms with E-state index in [0.29, 0.717) is 0 Å². The van der Waals surface area contributed by atoms with E-state index in [-0.39, 0.29) is 0 Å². The number of piperidine rings is 1. The first-order chi connectivity index (χ1) is 6.62. The zero-order valence-corrected chi connectivity index (χ0v) is 8.90. The van der Waals surface area contributed by atoms with Crippen LogP contribution in [-0.2, 0) is 0 Å². The molecule has 4 heteroatoms. The molecule has 3 N–H and O–H groups in total. The first kappa shape index (κ1) is 11.2. The van der Waals surface area contributed by atoms with Crippen LogP contribution in [0, 0.1) is 0 Å². The van der Waals surface area contributed by atoms with Gasteiger partial charge in [-0.15, -0.1) is 0 Å². The Hall–Kier alpha value is -0.870. The highest BCUT2D eigenvalue weighted by atomic mass is 16.3. The van der Waals surface area contributed by atoms with Crippen LogP contribution in [0.4, 0.5) is 0 Å². The zero-order chi connectivity index (χ0) is 10.6. The summed E-state index contributed by atoms with van der Waals surface area (Å²) in [6.07, 6.45) is 4.54. The van der Waals surface area contributed by atoms with E-state index in [4.69, 9.17) is 5.73 Å². The Bertz CT molecular complexity index is 240. The summed E-state index contributed by atoms with van der Waals surface area (Å²) in [6.45, 7) is 1.79. The molecule has 1 fully saturated rings. The average molecular weight is 197 g/mol. The molecule has 0 aromatic carbocycles. The fourth-order valence-corrected chi connectivity index (χ4v) is 1.73. The van der Waals surface area contributed by atoms with Crippen molar-refractivity contribution in [1.29, 1.82) is 0 Å². The quantitative estimate of drug-likeness (QED) is 0.612. The number of rotatable bonds is 2. The third-order valence-electron chi connectivity index (χ3n) is 2.80. The molecule has 0 radical (unpaired) electrons. The number of likely N-dealkylation sites (tertiary alicyclic amines) is 1. The van der Waals surface area contributed by atoms with Crippen molar-refractivity contribution in [2.24, 2.45) is 10.7 Å². The molecule has 1 rings (SSSR count). The number of nitrogens with zero attached hydrogens (tertiary/aromatic N) is 2. The highest BCUT2D eigenvalue weighted by Crippen LogP contribution is 2.27. The minimum absolute atomic E-state index is 0.721. The molecule has 14 heavy (non-hydrogen) atoms. The SMILES string of the molecule is CN=CC(=CN)C1(O)CCN(C)CC1. The molecule has 1 aliphatic rings. The molecule has 1 heterocycles. The smallest absolute Gasteiger partial charge is 0.0949 e. The molecule has 0 aliphatic carbocycles. The first-order valence-electron chi connectivity index (χ1n) is 4.88. The molecule has 0 atom stereocenters. The Kier molecular flexibility index (Phi) is 3.66. The first-order valence-corrected chi connectivity index (χ1v) is 4.88. The molecule has 0 aromatic rings. The maximum atomic E-state index is 10.3. The van der Waals surface area contributed by atoms with Crippen LogP contribution in [0.15, 0.2) is 16.8 Å². The van der Waals surface area contributed by atoms with Crippen LogP contribution in [0.2, 0.25) is 0 Å². The van der Waals surface area contributed by atoms with Crippen LogP contribution < -0.4 is 5.73 Å². The van der Waals surface area contributed by atoms with Gasteiger partial charge < -0.3 is 15.7 Å². The summed E-state index contributed by atoms with van der Waals surface area (Å²) in [5.74, 6) is 0. The van der Waals surface area contributed by atoms with Gasteiger partial charge in [0.1, 0.15) is 0 Å². The number of aliphatic hydroxyl groups is 1. The van der Waals surface area contributed by atoms with Crippen molar-refractivity contribution >= 4 is 6.21 Å². The van der Waals surface area contributed by atoms with Crippen LogP contribution in [0.25, 0.3) is 0 Å². The standard InChI is InChI=1S/C10H19N3O/c1-12-8-9(7-11)10(14)3-5-13(2)6-4-10/h7-8,14H,3-6,11H2,1-2H3. The second-order valence-electron chi connectivity index (χ2n) is 3.84. The van der Waals surface area contributed by atoms with Crippen molar-refractivity contribution in [3.05, 3.63) is 11.8 Å². The molecule has 0 spiro atoms. The van der Waals surface area contributed by atoms with E-state index in [9.17, 15) is 5.11 Å². The molecule has 1 saturated heterocycles. The van der Waals surface area contributed by atoms with E-state index in [1.165, 1.54) is 6.20 Å². The van der Waals surface area contributed by atoms with E-state index in [1.54, 1.807) is 13.3 Å². The zero-order valence-electron chi connectivity index (χ0n) is 8.90. The van der Waals surface area contributed by atoms with Crippen LogP contribution in [0.5, 0.6) is 0 Å². The van der Waals surface area contributed by atoms with Crippen molar-refractivity contribution in [3.8, 4) is 0 Å². The van der Waals surface area contributed by atoms with Crippen LogP contribution in [0.1, 0.15) is 12.8 Å². The predicted molar refractivity (Wildman–Crippen MR) is 58.4 cm³/mol. The highest BCUT2D eigenvalue weighted by Gasteiger charge is 2.33. The topological polar surface area (TPSA) is 61.9 Å². The van der Waals surface area contributed by atoms with Gasteiger partial charge in [-0.3, -0.25) is 4.99 Å². The molecule has 0 amide bonds. The van der Waals surface area contributed by atoms with Crippen LogP contribution in [-0.4, -0.2) is 49.0 Å². The van der Waals surface area contributed by atoms with Gasteiger partial charge in [-0.1, -0.05) is 0 Å². The lowest BCUT2D eigenvalue weighted by molar-refractivity contribution is 0.0214. The molecular formula is C10H19N3O. The van der Waals surface area contributed by atoms with E-state index in [0.717, 1.165) is 31.5 Å². The predicted octanol–water partition coefficient (Wildman–Crippen LogP) is -0.0137. The summed E-state index contributed by atoms with van der Waals surface area (Å²) in [6, 6.07) is 0. The normalized spacial score (nSPS) is 24.4. The Labute approximate surface area is 85.1 Å². The maximum absolute atomic E-state index is 10.3. The Morgan fingerprint density at radius 1 is 1.50 bits per heavy atom. The summed E-state index contributed by atoms with van der Waals surface area (Å²) in [5.41, 5.74) is 5.44. The van der Waals surface area contributed by atoms with Gasteiger partial charge in [-0.2, -0.15) is 0 Å². The minimum atomic E-state index is -0.777. The minimum Gasteiger partial charge on any atom is -0.404 e. The van der Waals surface area contributed by atoms with Gasteiger partial charge in [0.05, 0.1) is 5.60 Å². The van der Waals surface area contributed by atoms with Crippen molar-refractivity contribution in [3.63, 3.8) is 0 Å². The molecule has 80 valence electrons. The molecule has 1 aliphatic heterocycles. The molecule has 4 nitrogen and oxygen atoms in total. The fraction of sp³-hybridized carbons (Fsp3) is 0.700. The molecule has 0 aromatic heterocycles. The number of hydrogen-bond donors (Lipinski definition) is 2. The number of nitrogens with two attached hydrogens (primary N) is 1. The lowest BCUT2D eigenvalue weighted by Gasteiger charge is -2.37. The summed E-state index contributed by atoms with van der Waals surface area (Å²) >= 11 is 0. The summed E-state index contributed by atoms with van der Waals surface area (Å²) in [4.78, 5) is 6.10. The van der Waals surface area contributed by atoms with Gasteiger partial charge in [0, 0.05) is 38.1 Å². The third-order valence-corrected chi connectivity index (χ3v) is 2.80. The summed E-state index contributed by atoms with van der Waals surface area (Å²) < 4.78 is 0. The maximum Gasteiger partial charge on any atom is 0.0949 e. The van der Waals surface area contributed by atoms with E-state index in [2.05, 4.69) is 16.9 Å². The average Bonchev–Trinajstić information content (AvgIpc) is 2.19. The molecular weight excluding hydrogens is 178 g/mol. The van der Waals surface area contributed by atoms with Gasteiger partial charge >= 0.3 is 0 Å². The second kappa shape index (κ2) is 4.57. The number of hydrogen-bond acceptors (Lipinski definition) is 4. The monoisotopic (exact) mass is 197 g/mol. The van der Waals surface area contributed by atoms with Crippen LogP contribution >= 0.6 is 0 Å². The lowest BCUT2D eigenvalue weighted by atomic mass is 9.85. The Balaban J connectivity index is 2.74.